The Hall–Kier alpha value is -0.670. The van der Waals surface area contributed by atoms with Crippen LogP contribution < -0.4 is 11.1 Å². The normalized spacial score (nSPS) is 16.3. The van der Waals surface area contributed by atoms with Crippen LogP contribution in [0.1, 0.15) is 32.1 Å². The SMILES string of the molecule is NCCCNc1ccccc1SC1CCCC1. The number of nitrogens with two attached hydrogens (primary N) is 1. The zero-order chi connectivity index (χ0) is 11.9. The molecule has 0 atom stereocenters. The largest absolute Gasteiger partial charge is 0.384 e. The maximum Gasteiger partial charge on any atom is 0.0478 e. The molecule has 1 fully saturated rings. The van der Waals surface area contributed by atoms with Crippen LogP contribution in [0.4, 0.5) is 5.69 Å². The lowest BCUT2D eigenvalue weighted by molar-refractivity contribution is 0.871. The Balaban J connectivity index is 1.94. The Labute approximate surface area is 108 Å². The van der Waals surface area contributed by atoms with Crippen molar-refractivity contribution in [1.29, 1.82) is 0 Å². The summed E-state index contributed by atoms with van der Waals surface area (Å²) >= 11 is 2.04. The minimum atomic E-state index is 0.755. The van der Waals surface area contributed by atoms with Gasteiger partial charge in [-0.05, 0) is 37.9 Å². The van der Waals surface area contributed by atoms with Gasteiger partial charge in [0.1, 0.15) is 0 Å². The maximum atomic E-state index is 5.52. The molecule has 94 valence electrons. The molecule has 1 aromatic carbocycles. The third kappa shape index (κ3) is 3.93. The Bertz CT molecular complexity index is 335. The summed E-state index contributed by atoms with van der Waals surface area (Å²) in [6.45, 7) is 1.73. The van der Waals surface area contributed by atoms with E-state index in [1.54, 1.807) is 0 Å². The van der Waals surface area contributed by atoms with Gasteiger partial charge in [0.05, 0.1) is 0 Å². The van der Waals surface area contributed by atoms with E-state index in [0.29, 0.717) is 0 Å². The smallest absolute Gasteiger partial charge is 0.0478 e. The highest BCUT2D eigenvalue weighted by Gasteiger charge is 2.17. The highest BCUT2D eigenvalue weighted by Crippen LogP contribution is 2.37. The molecule has 1 aliphatic rings. The summed E-state index contributed by atoms with van der Waals surface area (Å²) in [6.07, 6.45) is 6.59. The van der Waals surface area contributed by atoms with Gasteiger partial charge in [0.2, 0.25) is 0 Å². The Morgan fingerprint density at radius 1 is 1.24 bits per heavy atom. The van der Waals surface area contributed by atoms with Crippen LogP contribution in [0.25, 0.3) is 0 Å². The highest BCUT2D eigenvalue weighted by molar-refractivity contribution is 8.00. The second-order valence-corrected chi connectivity index (χ2v) is 5.93. The Morgan fingerprint density at radius 2 is 2.00 bits per heavy atom. The van der Waals surface area contributed by atoms with Crippen LogP contribution in [0.5, 0.6) is 0 Å². The molecule has 0 heterocycles. The van der Waals surface area contributed by atoms with Crippen LogP contribution in [0.2, 0.25) is 0 Å². The van der Waals surface area contributed by atoms with E-state index in [9.17, 15) is 0 Å². The topological polar surface area (TPSA) is 38.0 Å². The number of para-hydroxylation sites is 1. The van der Waals surface area contributed by atoms with Gasteiger partial charge in [-0.25, -0.2) is 0 Å². The molecule has 0 aliphatic heterocycles. The molecule has 17 heavy (non-hydrogen) atoms. The van der Waals surface area contributed by atoms with Gasteiger partial charge in [-0.15, -0.1) is 11.8 Å². The maximum absolute atomic E-state index is 5.52. The van der Waals surface area contributed by atoms with Crippen LogP contribution in [0, 0.1) is 0 Å². The van der Waals surface area contributed by atoms with Crippen LogP contribution in [0.3, 0.4) is 0 Å². The van der Waals surface area contributed by atoms with Crippen molar-refractivity contribution in [1.82, 2.24) is 0 Å². The molecule has 0 amide bonds. The summed E-state index contributed by atoms with van der Waals surface area (Å²) in [5.74, 6) is 0. The van der Waals surface area contributed by atoms with Crippen LogP contribution in [-0.2, 0) is 0 Å². The van der Waals surface area contributed by atoms with E-state index in [1.165, 1.54) is 36.3 Å². The number of nitrogens with one attached hydrogen (secondary N) is 1. The van der Waals surface area contributed by atoms with Crippen LogP contribution in [0.15, 0.2) is 29.2 Å². The fraction of sp³-hybridized carbons (Fsp3) is 0.571. The van der Waals surface area contributed by atoms with Crippen molar-refractivity contribution >= 4 is 17.4 Å². The van der Waals surface area contributed by atoms with Crippen molar-refractivity contribution in [2.24, 2.45) is 5.73 Å². The highest BCUT2D eigenvalue weighted by atomic mass is 32.2. The van der Waals surface area contributed by atoms with Crippen LogP contribution in [-0.4, -0.2) is 18.3 Å². The molecule has 3 heteroatoms. The fourth-order valence-electron chi connectivity index (χ4n) is 2.23. The monoisotopic (exact) mass is 250 g/mol. The summed E-state index contributed by atoms with van der Waals surface area (Å²) in [4.78, 5) is 1.40. The number of benzene rings is 1. The first-order valence-corrected chi connectivity index (χ1v) is 7.48. The van der Waals surface area contributed by atoms with Crippen molar-refractivity contribution < 1.29 is 0 Å². The molecule has 0 saturated heterocycles. The first kappa shape index (κ1) is 12.8. The van der Waals surface area contributed by atoms with E-state index in [0.717, 1.165) is 24.8 Å². The molecule has 0 spiro atoms. The minimum Gasteiger partial charge on any atom is -0.384 e. The van der Waals surface area contributed by atoms with Gasteiger partial charge < -0.3 is 11.1 Å². The number of hydrogen-bond acceptors (Lipinski definition) is 3. The first-order chi connectivity index (χ1) is 8.40. The molecule has 2 rings (SSSR count). The molecule has 0 radical (unpaired) electrons. The van der Waals surface area contributed by atoms with Gasteiger partial charge in [-0.2, -0.15) is 0 Å². The molecule has 2 nitrogen and oxygen atoms in total. The predicted octanol–water partition coefficient (Wildman–Crippen LogP) is 3.48. The quantitative estimate of drug-likeness (QED) is 0.759. The standard InChI is InChI=1S/C14H22N2S/c15-10-5-11-16-13-8-3-4-9-14(13)17-12-6-1-2-7-12/h3-4,8-9,12,16H,1-2,5-7,10-11,15H2. The molecular formula is C14H22N2S. The number of rotatable bonds is 6. The summed E-state index contributed by atoms with van der Waals surface area (Å²) in [5.41, 5.74) is 6.79. The Kier molecular flexibility index (Phi) is 5.20. The fourth-order valence-corrected chi connectivity index (χ4v) is 3.58. The van der Waals surface area contributed by atoms with Crippen molar-refractivity contribution in [3.05, 3.63) is 24.3 Å². The summed E-state index contributed by atoms with van der Waals surface area (Å²) < 4.78 is 0. The minimum absolute atomic E-state index is 0.755. The Morgan fingerprint density at radius 3 is 2.76 bits per heavy atom. The second kappa shape index (κ2) is 6.92. The van der Waals surface area contributed by atoms with E-state index in [4.69, 9.17) is 5.73 Å². The molecule has 1 aromatic rings. The van der Waals surface area contributed by atoms with Crippen molar-refractivity contribution in [3.63, 3.8) is 0 Å². The molecule has 1 saturated carbocycles. The van der Waals surface area contributed by atoms with Gasteiger partial charge in [-0.1, -0.05) is 25.0 Å². The van der Waals surface area contributed by atoms with Crippen molar-refractivity contribution in [3.8, 4) is 0 Å². The summed E-state index contributed by atoms with van der Waals surface area (Å²) in [5, 5.41) is 4.31. The predicted molar refractivity (Wildman–Crippen MR) is 76.7 cm³/mol. The van der Waals surface area contributed by atoms with Gasteiger partial charge >= 0.3 is 0 Å². The van der Waals surface area contributed by atoms with Gasteiger partial charge in [-0.3, -0.25) is 0 Å². The van der Waals surface area contributed by atoms with E-state index in [1.807, 2.05) is 11.8 Å². The molecule has 0 unspecified atom stereocenters. The van der Waals surface area contributed by atoms with E-state index in [-0.39, 0.29) is 0 Å². The lowest BCUT2D eigenvalue weighted by Crippen LogP contribution is -2.09. The van der Waals surface area contributed by atoms with Crippen molar-refractivity contribution in [2.45, 2.75) is 42.2 Å². The molecule has 0 aromatic heterocycles. The average Bonchev–Trinajstić information content (AvgIpc) is 2.84. The van der Waals surface area contributed by atoms with Crippen molar-refractivity contribution in [2.75, 3.05) is 18.4 Å². The van der Waals surface area contributed by atoms with Gasteiger partial charge in [0, 0.05) is 22.4 Å². The average molecular weight is 250 g/mol. The first-order valence-electron chi connectivity index (χ1n) is 6.60. The van der Waals surface area contributed by atoms with E-state index in [2.05, 4.69) is 29.6 Å². The van der Waals surface area contributed by atoms with E-state index < -0.39 is 0 Å². The number of anilines is 1. The molecular weight excluding hydrogens is 228 g/mol. The second-order valence-electron chi connectivity index (χ2n) is 4.59. The van der Waals surface area contributed by atoms with Crippen LogP contribution >= 0.6 is 11.8 Å². The third-order valence-electron chi connectivity index (χ3n) is 3.18. The third-order valence-corrected chi connectivity index (χ3v) is 4.59. The lowest BCUT2D eigenvalue weighted by Gasteiger charge is -2.14. The molecule has 1 aliphatic carbocycles. The zero-order valence-corrected chi connectivity index (χ0v) is 11.1. The van der Waals surface area contributed by atoms with Gasteiger partial charge in [0.25, 0.3) is 0 Å². The lowest BCUT2D eigenvalue weighted by atomic mass is 10.3. The number of thioether (sulfide) groups is 1. The molecule has 0 bridgehead atoms. The molecule has 3 N–H and O–H groups in total. The zero-order valence-electron chi connectivity index (χ0n) is 10.3. The van der Waals surface area contributed by atoms with Gasteiger partial charge in [0.15, 0.2) is 0 Å². The summed E-state index contributed by atoms with van der Waals surface area (Å²) in [7, 11) is 0. The summed E-state index contributed by atoms with van der Waals surface area (Å²) in [6, 6.07) is 8.64. The number of hydrogen-bond donors (Lipinski definition) is 2. The van der Waals surface area contributed by atoms with E-state index >= 15 is 0 Å².